The lowest BCUT2D eigenvalue weighted by Crippen LogP contribution is -2.21. The van der Waals surface area contributed by atoms with Gasteiger partial charge in [0, 0.05) is 30.0 Å². The summed E-state index contributed by atoms with van der Waals surface area (Å²) in [6.07, 6.45) is 1.87. The highest BCUT2D eigenvalue weighted by Gasteiger charge is 2.05. The Hall–Kier alpha value is -2.58. The van der Waals surface area contributed by atoms with Gasteiger partial charge in [-0.25, -0.2) is 0 Å². The summed E-state index contributed by atoms with van der Waals surface area (Å²) in [5, 5.41) is 0.745. The van der Waals surface area contributed by atoms with Crippen molar-refractivity contribution < 1.29 is 0 Å². The third kappa shape index (κ3) is 4.74. The maximum atomic E-state index is 6.15. The van der Waals surface area contributed by atoms with E-state index in [-0.39, 0.29) is 0 Å². The van der Waals surface area contributed by atoms with Crippen LogP contribution in [-0.2, 0) is 6.54 Å². The van der Waals surface area contributed by atoms with Crippen molar-refractivity contribution in [1.29, 1.82) is 0 Å². The monoisotopic (exact) mass is 362 g/mol. The van der Waals surface area contributed by atoms with E-state index < -0.39 is 0 Å². The summed E-state index contributed by atoms with van der Waals surface area (Å²) in [6, 6.07) is 24.9. The molecule has 0 saturated heterocycles. The average Bonchev–Trinajstić information content (AvgIpc) is 2.68. The van der Waals surface area contributed by atoms with E-state index in [0.29, 0.717) is 0 Å². The Morgan fingerprint density at radius 3 is 2.35 bits per heavy atom. The molecular formula is C23H23ClN2. The summed E-state index contributed by atoms with van der Waals surface area (Å²) in [5.74, 6) is 0. The molecule has 0 atom stereocenters. The van der Waals surface area contributed by atoms with Gasteiger partial charge < -0.3 is 4.90 Å². The number of anilines is 1. The Bertz CT molecular complexity index is 870. The van der Waals surface area contributed by atoms with Crippen LogP contribution in [0.15, 0.2) is 77.8 Å². The Balaban J connectivity index is 1.70. The molecule has 0 saturated carbocycles. The standard InChI is InChI=1S/C23H23ClN2/c1-3-26(17-20-7-5-4-6-8-20)22-13-10-19(11-14-22)16-25-21-12-9-18(2)23(24)15-21/h4-16H,3,17H2,1-2H3. The summed E-state index contributed by atoms with van der Waals surface area (Å²) in [6.45, 7) is 6.04. The second kappa shape index (κ2) is 8.68. The van der Waals surface area contributed by atoms with Crippen LogP contribution in [-0.4, -0.2) is 12.8 Å². The van der Waals surface area contributed by atoms with E-state index >= 15 is 0 Å². The second-order valence-corrected chi connectivity index (χ2v) is 6.69. The zero-order valence-electron chi connectivity index (χ0n) is 15.2. The van der Waals surface area contributed by atoms with Crippen molar-refractivity contribution in [2.75, 3.05) is 11.4 Å². The minimum Gasteiger partial charge on any atom is -0.367 e. The molecule has 3 aromatic carbocycles. The summed E-state index contributed by atoms with van der Waals surface area (Å²) in [5.41, 5.74) is 5.53. The molecule has 0 aliphatic heterocycles. The molecule has 0 amide bonds. The van der Waals surface area contributed by atoms with E-state index in [1.165, 1.54) is 11.3 Å². The van der Waals surface area contributed by atoms with Crippen LogP contribution in [0, 0.1) is 6.92 Å². The van der Waals surface area contributed by atoms with Gasteiger partial charge in [0.25, 0.3) is 0 Å². The highest BCUT2D eigenvalue weighted by atomic mass is 35.5. The van der Waals surface area contributed by atoms with Crippen LogP contribution in [0.4, 0.5) is 11.4 Å². The molecule has 3 rings (SSSR count). The molecule has 0 bridgehead atoms. The first-order valence-electron chi connectivity index (χ1n) is 8.85. The predicted molar refractivity (Wildman–Crippen MR) is 113 cm³/mol. The predicted octanol–water partition coefficient (Wildman–Crippen LogP) is 6.43. The molecule has 0 spiro atoms. The minimum atomic E-state index is 0.745. The summed E-state index contributed by atoms with van der Waals surface area (Å²) in [4.78, 5) is 6.87. The largest absolute Gasteiger partial charge is 0.367 e. The highest BCUT2D eigenvalue weighted by Crippen LogP contribution is 2.22. The molecule has 0 aliphatic rings. The van der Waals surface area contributed by atoms with E-state index in [1.807, 2.05) is 31.3 Å². The number of halogens is 1. The fourth-order valence-electron chi connectivity index (χ4n) is 2.77. The number of hydrogen-bond acceptors (Lipinski definition) is 2. The number of aryl methyl sites for hydroxylation is 1. The van der Waals surface area contributed by atoms with Gasteiger partial charge in [0.2, 0.25) is 0 Å². The topological polar surface area (TPSA) is 15.6 Å². The van der Waals surface area contributed by atoms with Gasteiger partial charge in [0.1, 0.15) is 0 Å². The third-order valence-corrected chi connectivity index (χ3v) is 4.78. The van der Waals surface area contributed by atoms with Crippen molar-refractivity contribution in [3.8, 4) is 0 Å². The molecule has 0 unspecified atom stereocenters. The first-order chi connectivity index (χ1) is 12.7. The van der Waals surface area contributed by atoms with E-state index in [1.54, 1.807) is 0 Å². The van der Waals surface area contributed by atoms with Crippen molar-refractivity contribution in [3.05, 3.63) is 94.5 Å². The summed E-state index contributed by atoms with van der Waals surface area (Å²) >= 11 is 6.15. The number of hydrogen-bond donors (Lipinski definition) is 0. The van der Waals surface area contributed by atoms with Crippen LogP contribution < -0.4 is 4.90 Å². The summed E-state index contributed by atoms with van der Waals surface area (Å²) < 4.78 is 0. The molecule has 26 heavy (non-hydrogen) atoms. The molecule has 0 aliphatic carbocycles. The van der Waals surface area contributed by atoms with E-state index in [0.717, 1.165) is 34.9 Å². The van der Waals surface area contributed by atoms with E-state index in [4.69, 9.17) is 11.6 Å². The molecule has 0 heterocycles. The molecule has 0 aromatic heterocycles. The zero-order valence-corrected chi connectivity index (χ0v) is 15.9. The fourth-order valence-corrected chi connectivity index (χ4v) is 2.95. The highest BCUT2D eigenvalue weighted by molar-refractivity contribution is 6.31. The van der Waals surface area contributed by atoms with Crippen molar-refractivity contribution in [1.82, 2.24) is 0 Å². The van der Waals surface area contributed by atoms with Crippen LogP contribution in [0.2, 0.25) is 5.02 Å². The lowest BCUT2D eigenvalue weighted by atomic mass is 10.1. The Labute approximate surface area is 160 Å². The molecule has 3 heteroatoms. The Morgan fingerprint density at radius 2 is 1.69 bits per heavy atom. The molecule has 0 fully saturated rings. The van der Waals surface area contributed by atoms with Gasteiger partial charge in [-0.3, -0.25) is 4.99 Å². The van der Waals surface area contributed by atoms with Crippen LogP contribution >= 0.6 is 11.6 Å². The lowest BCUT2D eigenvalue weighted by Gasteiger charge is -2.23. The number of nitrogens with zero attached hydrogens (tertiary/aromatic N) is 2. The van der Waals surface area contributed by atoms with Gasteiger partial charge >= 0.3 is 0 Å². The average molecular weight is 363 g/mol. The van der Waals surface area contributed by atoms with E-state index in [2.05, 4.69) is 71.4 Å². The van der Waals surface area contributed by atoms with Crippen LogP contribution in [0.25, 0.3) is 0 Å². The fraction of sp³-hybridized carbons (Fsp3) is 0.174. The molecule has 0 N–H and O–H groups in total. The molecule has 0 radical (unpaired) electrons. The number of aliphatic imine (C=N–C) groups is 1. The Morgan fingerprint density at radius 1 is 0.962 bits per heavy atom. The SMILES string of the molecule is CCN(Cc1ccccc1)c1ccc(C=Nc2ccc(C)c(Cl)c2)cc1. The maximum absolute atomic E-state index is 6.15. The van der Waals surface area contributed by atoms with Crippen molar-refractivity contribution in [2.45, 2.75) is 20.4 Å². The third-order valence-electron chi connectivity index (χ3n) is 4.37. The van der Waals surface area contributed by atoms with Gasteiger partial charge in [-0.15, -0.1) is 0 Å². The van der Waals surface area contributed by atoms with Gasteiger partial charge in [-0.1, -0.05) is 60.1 Å². The number of rotatable bonds is 6. The van der Waals surface area contributed by atoms with Gasteiger partial charge in [0.15, 0.2) is 0 Å². The van der Waals surface area contributed by atoms with Crippen LogP contribution in [0.1, 0.15) is 23.6 Å². The molecule has 132 valence electrons. The minimum absolute atomic E-state index is 0.745. The van der Waals surface area contributed by atoms with Gasteiger partial charge in [0.05, 0.1) is 5.69 Å². The maximum Gasteiger partial charge on any atom is 0.0644 e. The van der Waals surface area contributed by atoms with Gasteiger partial charge in [-0.05, 0) is 54.8 Å². The first kappa shape index (κ1) is 18.2. The first-order valence-corrected chi connectivity index (χ1v) is 9.22. The van der Waals surface area contributed by atoms with Crippen molar-refractivity contribution in [3.63, 3.8) is 0 Å². The van der Waals surface area contributed by atoms with Crippen molar-refractivity contribution >= 4 is 29.2 Å². The van der Waals surface area contributed by atoms with Crippen LogP contribution in [0.5, 0.6) is 0 Å². The zero-order chi connectivity index (χ0) is 18.4. The lowest BCUT2D eigenvalue weighted by molar-refractivity contribution is 0.832. The number of benzene rings is 3. The summed E-state index contributed by atoms with van der Waals surface area (Å²) in [7, 11) is 0. The second-order valence-electron chi connectivity index (χ2n) is 6.28. The Kier molecular flexibility index (Phi) is 6.08. The quantitative estimate of drug-likeness (QED) is 0.461. The van der Waals surface area contributed by atoms with Gasteiger partial charge in [-0.2, -0.15) is 0 Å². The van der Waals surface area contributed by atoms with Crippen molar-refractivity contribution in [2.24, 2.45) is 4.99 Å². The molecular weight excluding hydrogens is 340 g/mol. The molecule has 3 aromatic rings. The van der Waals surface area contributed by atoms with Crippen LogP contribution in [0.3, 0.4) is 0 Å². The normalized spacial score (nSPS) is 11.0. The van der Waals surface area contributed by atoms with E-state index in [9.17, 15) is 0 Å². The smallest absolute Gasteiger partial charge is 0.0644 e. The molecule has 2 nitrogen and oxygen atoms in total.